The summed E-state index contributed by atoms with van der Waals surface area (Å²) in [7, 11) is 0. The minimum Gasteiger partial charge on any atom is -0.482 e. The molecule has 34 heavy (non-hydrogen) atoms. The second kappa shape index (κ2) is 11.5. The van der Waals surface area contributed by atoms with Gasteiger partial charge in [0.25, 0.3) is 0 Å². The van der Waals surface area contributed by atoms with Crippen LogP contribution in [0.3, 0.4) is 0 Å². The Kier molecular flexibility index (Phi) is 8.66. The molecule has 0 aliphatic rings. The fourth-order valence-electron chi connectivity index (χ4n) is 3.48. The summed E-state index contributed by atoms with van der Waals surface area (Å²) >= 11 is 1.16. The summed E-state index contributed by atoms with van der Waals surface area (Å²) < 4.78 is 35.9. The number of nitrogens with one attached hydrogen (secondary N) is 1. The molecule has 1 amide bonds. The molecule has 1 heterocycles. The molecule has 3 aromatic rings. The van der Waals surface area contributed by atoms with Crippen LogP contribution < -0.4 is 10.1 Å². The van der Waals surface area contributed by atoms with E-state index >= 15 is 0 Å². The third-order valence-electron chi connectivity index (χ3n) is 5.06. The normalized spacial score (nSPS) is 12.3. The van der Waals surface area contributed by atoms with Crippen LogP contribution in [0.2, 0.25) is 0 Å². The Balaban J connectivity index is 1.75. The van der Waals surface area contributed by atoms with E-state index in [0.717, 1.165) is 35.2 Å². The zero-order valence-electron chi connectivity index (χ0n) is 20.0. The van der Waals surface area contributed by atoms with Crippen LogP contribution in [0.15, 0.2) is 47.6 Å². The van der Waals surface area contributed by atoms with E-state index in [0.29, 0.717) is 29.4 Å². The number of anilines is 1. The van der Waals surface area contributed by atoms with Crippen LogP contribution in [-0.2, 0) is 11.3 Å². The quantitative estimate of drug-likeness (QED) is 0.344. The van der Waals surface area contributed by atoms with Gasteiger partial charge in [0.2, 0.25) is 5.91 Å². The van der Waals surface area contributed by atoms with Gasteiger partial charge in [-0.05, 0) is 42.5 Å². The van der Waals surface area contributed by atoms with Crippen LogP contribution in [0.5, 0.6) is 5.75 Å². The van der Waals surface area contributed by atoms with Gasteiger partial charge in [-0.2, -0.15) is 0 Å². The van der Waals surface area contributed by atoms with Crippen LogP contribution >= 0.6 is 11.8 Å². The lowest BCUT2D eigenvalue weighted by atomic mass is 10.0. The van der Waals surface area contributed by atoms with Crippen molar-refractivity contribution in [2.75, 3.05) is 11.1 Å². The molecule has 0 fully saturated rings. The molecule has 0 radical (unpaired) electrons. The Hall–Kier alpha value is -2.94. The summed E-state index contributed by atoms with van der Waals surface area (Å²) in [5, 5.41) is 11.5. The first-order valence-corrected chi connectivity index (χ1v) is 12.2. The summed E-state index contributed by atoms with van der Waals surface area (Å²) in [6, 6.07) is 11.3. The summed E-state index contributed by atoms with van der Waals surface area (Å²) in [4.78, 5) is 12.4. The molecule has 6 nitrogen and oxygen atoms in total. The molecule has 2 aromatic carbocycles. The number of carbonyl (C=O) groups excluding carboxylic acids is 1. The number of halogens is 2. The highest BCUT2D eigenvalue weighted by molar-refractivity contribution is 7.99. The van der Waals surface area contributed by atoms with E-state index in [-0.39, 0.29) is 11.9 Å². The van der Waals surface area contributed by atoms with E-state index in [1.54, 1.807) is 0 Å². The number of aromatic nitrogens is 3. The molecule has 3 rings (SSSR count). The monoisotopic (exact) mass is 488 g/mol. The van der Waals surface area contributed by atoms with Gasteiger partial charge in [-0.3, -0.25) is 4.79 Å². The third-order valence-corrected chi connectivity index (χ3v) is 6.03. The number of amides is 1. The topological polar surface area (TPSA) is 69.0 Å². The summed E-state index contributed by atoms with van der Waals surface area (Å²) in [6.45, 7) is 10.9. The zero-order chi connectivity index (χ0) is 24.8. The van der Waals surface area contributed by atoms with Gasteiger partial charge in [-0.1, -0.05) is 63.7 Å². The van der Waals surface area contributed by atoms with Gasteiger partial charge >= 0.3 is 0 Å². The Morgan fingerprint density at radius 2 is 1.71 bits per heavy atom. The predicted octanol–water partition coefficient (Wildman–Crippen LogP) is 6.21. The van der Waals surface area contributed by atoms with Gasteiger partial charge in [0.1, 0.15) is 23.1 Å². The first-order chi connectivity index (χ1) is 16.2. The van der Waals surface area contributed by atoms with Crippen molar-refractivity contribution < 1.29 is 18.3 Å². The number of para-hydroxylation sites is 2. The second-order valence-corrected chi connectivity index (χ2v) is 9.67. The lowest BCUT2D eigenvalue weighted by Gasteiger charge is -2.20. The van der Waals surface area contributed by atoms with E-state index < -0.39 is 23.2 Å². The maximum Gasteiger partial charge on any atom is 0.235 e. The third kappa shape index (κ3) is 6.34. The van der Waals surface area contributed by atoms with Gasteiger partial charge in [0, 0.05) is 6.54 Å². The molecule has 9 heteroatoms. The van der Waals surface area contributed by atoms with Gasteiger partial charge in [-0.25, -0.2) is 8.78 Å². The van der Waals surface area contributed by atoms with Gasteiger partial charge < -0.3 is 14.6 Å². The molecule has 1 unspecified atom stereocenters. The van der Waals surface area contributed by atoms with E-state index in [9.17, 15) is 13.6 Å². The smallest absolute Gasteiger partial charge is 0.235 e. The molecule has 1 aromatic heterocycles. The highest BCUT2D eigenvalue weighted by Crippen LogP contribution is 2.31. The van der Waals surface area contributed by atoms with Crippen molar-refractivity contribution in [2.45, 2.75) is 58.3 Å². The highest BCUT2D eigenvalue weighted by Gasteiger charge is 2.22. The van der Waals surface area contributed by atoms with Crippen molar-refractivity contribution in [1.29, 1.82) is 0 Å². The van der Waals surface area contributed by atoms with Crippen LogP contribution in [0.25, 0.3) is 0 Å². The minimum atomic E-state index is -0.823. The SMILES string of the molecule is CC(C)Cn1c(SCC(=O)Nc2c(F)cccc2F)nnc1C(C)Oc1ccccc1C(C)C. The Morgan fingerprint density at radius 1 is 1.03 bits per heavy atom. The number of carbonyl (C=O) groups is 1. The molecule has 0 aliphatic heterocycles. The number of ether oxygens (including phenoxy) is 1. The van der Waals surface area contributed by atoms with Crippen LogP contribution in [0.1, 0.15) is 58.0 Å². The molecule has 0 saturated heterocycles. The van der Waals surface area contributed by atoms with Crippen LogP contribution in [-0.4, -0.2) is 26.4 Å². The van der Waals surface area contributed by atoms with Crippen molar-refractivity contribution >= 4 is 23.4 Å². The van der Waals surface area contributed by atoms with Crippen LogP contribution in [0, 0.1) is 17.6 Å². The van der Waals surface area contributed by atoms with Gasteiger partial charge in [0.15, 0.2) is 17.1 Å². The average Bonchev–Trinajstić information content (AvgIpc) is 3.17. The maximum absolute atomic E-state index is 13.8. The molecule has 1 N–H and O–H groups in total. The van der Waals surface area contributed by atoms with E-state index in [1.807, 2.05) is 35.8 Å². The van der Waals surface area contributed by atoms with Crippen LogP contribution in [0.4, 0.5) is 14.5 Å². The maximum atomic E-state index is 13.8. The molecular formula is C25H30F2N4O2S. The first-order valence-electron chi connectivity index (χ1n) is 11.2. The van der Waals surface area contributed by atoms with Crippen molar-refractivity contribution in [1.82, 2.24) is 14.8 Å². The summed E-state index contributed by atoms with van der Waals surface area (Å²) in [6.07, 6.45) is -0.373. The molecule has 1 atom stereocenters. The number of hydrogen-bond donors (Lipinski definition) is 1. The first kappa shape index (κ1) is 25.7. The molecular weight excluding hydrogens is 458 g/mol. The number of rotatable bonds is 10. The van der Waals surface area contributed by atoms with Crippen molar-refractivity contribution in [3.8, 4) is 5.75 Å². The summed E-state index contributed by atoms with van der Waals surface area (Å²) in [5.41, 5.74) is 0.652. The van der Waals surface area contributed by atoms with Crippen molar-refractivity contribution in [3.63, 3.8) is 0 Å². The molecule has 0 bridgehead atoms. The molecule has 0 spiro atoms. The lowest BCUT2D eigenvalue weighted by molar-refractivity contribution is -0.113. The standard InChI is InChI=1S/C25H30F2N4O2S/c1-15(2)13-31-24(17(5)33-21-12-7-6-9-18(21)16(3)4)29-30-25(31)34-14-22(32)28-23-19(26)10-8-11-20(23)27/h6-12,15-17H,13-14H2,1-5H3,(H,28,32). The molecule has 0 aliphatic carbocycles. The Morgan fingerprint density at radius 3 is 2.35 bits per heavy atom. The zero-order valence-corrected chi connectivity index (χ0v) is 20.8. The number of nitrogens with zero attached hydrogens (tertiary/aromatic N) is 3. The van der Waals surface area contributed by atoms with E-state index in [4.69, 9.17) is 4.74 Å². The lowest BCUT2D eigenvalue weighted by Crippen LogP contribution is -2.18. The van der Waals surface area contributed by atoms with Crippen molar-refractivity contribution in [3.05, 3.63) is 65.5 Å². The van der Waals surface area contributed by atoms with Gasteiger partial charge in [0.05, 0.1) is 5.75 Å². The van der Waals surface area contributed by atoms with E-state index in [2.05, 4.69) is 43.2 Å². The fourth-order valence-corrected chi connectivity index (χ4v) is 4.23. The Bertz CT molecular complexity index is 1110. The fraction of sp³-hybridized carbons (Fsp3) is 0.400. The average molecular weight is 489 g/mol. The van der Waals surface area contributed by atoms with E-state index in [1.165, 1.54) is 6.07 Å². The summed E-state index contributed by atoms with van der Waals surface area (Å²) in [5.74, 6) is -0.209. The number of benzene rings is 2. The predicted molar refractivity (Wildman–Crippen MR) is 130 cm³/mol. The van der Waals surface area contributed by atoms with Gasteiger partial charge in [-0.15, -0.1) is 10.2 Å². The number of thioether (sulfide) groups is 1. The van der Waals surface area contributed by atoms with Crippen molar-refractivity contribution in [2.24, 2.45) is 5.92 Å². The molecule has 0 saturated carbocycles. The highest BCUT2D eigenvalue weighted by atomic mass is 32.2. The molecule has 182 valence electrons. The number of hydrogen-bond acceptors (Lipinski definition) is 5. The second-order valence-electron chi connectivity index (χ2n) is 8.73. The largest absolute Gasteiger partial charge is 0.482 e. The minimum absolute atomic E-state index is 0.0740. The Labute approximate surface area is 203 Å².